The second kappa shape index (κ2) is 9.94. The Hall–Kier alpha value is -2.04. The van der Waals surface area contributed by atoms with E-state index in [0.717, 1.165) is 24.8 Å². The Morgan fingerprint density at radius 3 is 2.21 bits per heavy atom. The van der Waals surface area contributed by atoms with Crippen molar-refractivity contribution in [3.05, 3.63) is 60.7 Å². The number of alkyl halides is 1. The standard InChI is InChI=1S/C21H23BrN3O2P/c1-3-4-15-25-21(20(27-24-25)23-19(26)16(2)22)28(17-11-7-5-8-12-17)18-13-9-6-10-14-18/h5-14,16H,3-4,15H2,1-2H3/p+1. The number of hydrogen-bond acceptors (Lipinski definition) is 3. The Labute approximate surface area is 175 Å². The molecular formula is C21H24BrN3O2P+. The third-order valence-electron chi connectivity index (χ3n) is 4.24. The predicted octanol–water partition coefficient (Wildman–Crippen LogP) is 3.24. The monoisotopic (exact) mass is 460 g/mol. The molecule has 5 nitrogen and oxygen atoms in total. The number of aromatic nitrogens is 2. The first kappa shape index (κ1) is 20.7. The molecule has 0 saturated heterocycles. The summed E-state index contributed by atoms with van der Waals surface area (Å²) in [6.07, 6.45) is 2.03. The SMILES string of the molecule is CCCC[n+]1noc(NC(=O)C(C)Br)c1P(c1ccccc1)c1ccccc1. The molecule has 1 N–H and O–H groups in total. The maximum Gasteiger partial charge on any atom is 0.310 e. The zero-order valence-electron chi connectivity index (χ0n) is 16.0. The summed E-state index contributed by atoms with van der Waals surface area (Å²) in [5.74, 6) is 0.266. The molecule has 3 aromatic rings. The number of unbranched alkanes of at least 4 members (excludes halogenated alkanes) is 1. The number of rotatable bonds is 8. The van der Waals surface area contributed by atoms with E-state index in [9.17, 15) is 4.79 Å². The van der Waals surface area contributed by atoms with Gasteiger partial charge in [-0.15, -0.1) is 0 Å². The summed E-state index contributed by atoms with van der Waals surface area (Å²) in [7, 11) is -0.940. The quantitative estimate of drug-likeness (QED) is 0.319. The van der Waals surface area contributed by atoms with E-state index in [2.05, 4.69) is 57.7 Å². The van der Waals surface area contributed by atoms with Gasteiger partial charge in [0, 0.05) is 6.42 Å². The molecule has 0 fully saturated rings. The molecule has 0 aliphatic rings. The minimum absolute atomic E-state index is 0.156. The fourth-order valence-corrected chi connectivity index (χ4v) is 5.31. The highest BCUT2D eigenvalue weighted by Crippen LogP contribution is 2.34. The van der Waals surface area contributed by atoms with Crippen molar-refractivity contribution in [3.8, 4) is 0 Å². The second-order valence-electron chi connectivity index (χ2n) is 6.41. The van der Waals surface area contributed by atoms with Gasteiger partial charge in [-0.25, -0.2) is 0 Å². The van der Waals surface area contributed by atoms with Crippen LogP contribution in [0.25, 0.3) is 0 Å². The van der Waals surface area contributed by atoms with Crippen molar-refractivity contribution in [1.29, 1.82) is 0 Å². The van der Waals surface area contributed by atoms with Gasteiger partial charge in [-0.2, -0.15) is 0 Å². The van der Waals surface area contributed by atoms with Crippen molar-refractivity contribution in [3.63, 3.8) is 0 Å². The fraction of sp³-hybridized carbons (Fsp3) is 0.286. The third-order valence-corrected chi connectivity index (χ3v) is 7.14. The van der Waals surface area contributed by atoms with Gasteiger partial charge >= 0.3 is 11.3 Å². The summed E-state index contributed by atoms with van der Waals surface area (Å²) >= 11 is 3.32. The molecule has 3 rings (SSSR count). The molecule has 0 aliphatic heterocycles. The molecule has 1 atom stereocenters. The molecule has 0 saturated carbocycles. The number of nitrogens with zero attached hydrogens (tertiary/aromatic N) is 2. The zero-order valence-corrected chi connectivity index (χ0v) is 18.5. The van der Waals surface area contributed by atoms with Crippen LogP contribution in [0.1, 0.15) is 26.7 Å². The topological polar surface area (TPSA) is 59.0 Å². The number of anilines is 1. The molecule has 28 heavy (non-hydrogen) atoms. The van der Waals surface area contributed by atoms with Gasteiger partial charge in [0.15, 0.2) is 6.54 Å². The van der Waals surface area contributed by atoms with Crippen LogP contribution in [0.5, 0.6) is 0 Å². The van der Waals surface area contributed by atoms with Crippen LogP contribution in [0.2, 0.25) is 0 Å². The molecule has 0 aliphatic carbocycles. The Bertz CT molecular complexity index is 861. The molecule has 2 aromatic carbocycles. The van der Waals surface area contributed by atoms with Gasteiger partial charge < -0.3 is 0 Å². The predicted molar refractivity (Wildman–Crippen MR) is 117 cm³/mol. The van der Waals surface area contributed by atoms with E-state index in [-0.39, 0.29) is 10.7 Å². The summed E-state index contributed by atoms with van der Waals surface area (Å²) in [6, 6.07) is 20.7. The Morgan fingerprint density at radius 1 is 1.14 bits per heavy atom. The Kier molecular flexibility index (Phi) is 7.35. The largest absolute Gasteiger partial charge is 0.310 e. The van der Waals surface area contributed by atoms with E-state index < -0.39 is 7.92 Å². The lowest BCUT2D eigenvalue weighted by molar-refractivity contribution is -0.747. The number of nitrogens with one attached hydrogen (secondary N) is 1. The Balaban J connectivity index is 2.14. The van der Waals surface area contributed by atoms with Gasteiger partial charge in [0.25, 0.3) is 0 Å². The van der Waals surface area contributed by atoms with Crippen molar-refractivity contribution in [2.45, 2.75) is 38.1 Å². The van der Waals surface area contributed by atoms with Crippen LogP contribution in [-0.4, -0.2) is 16.0 Å². The Morgan fingerprint density at radius 2 is 1.71 bits per heavy atom. The molecule has 1 amide bonds. The van der Waals surface area contributed by atoms with Crippen LogP contribution in [0.4, 0.5) is 5.88 Å². The highest BCUT2D eigenvalue weighted by atomic mass is 79.9. The first-order valence-corrected chi connectivity index (χ1v) is 11.6. The molecule has 1 aromatic heterocycles. The lowest BCUT2D eigenvalue weighted by Crippen LogP contribution is -2.51. The van der Waals surface area contributed by atoms with E-state index in [0.29, 0.717) is 5.88 Å². The second-order valence-corrected chi connectivity index (χ2v) is 9.91. The summed E-state index contributed by atoms with van der Waals surface area (Å²) < 4.78 is 7.52. The van der Waals surface area contributed by atoms with Gasteiger partial charge in [-0.3, -0.25) is 14.6 Å². The van der Waals surface area contributed by atoms with E-state index in [4.69, 9.17) is 4.52 Å². The summed E-state index contributed by atoms with van der Waals surface area (Å²) in [6.45, 7) is 4.67. The number of aryl methyl sites for hydroxylation is 1. The smallest absolute Gasteiger partial charge is 0.287 e. The van der Waals surface area contributed by atoms with Gasteiger partial charge in [0.1, 0.15) is 0 Å². The number of hydrogen-bond donors (Lipinski definition) is 1. The number of benzene rings is 2. The van der Waals surface area contributed by atoms with Crippen molar-refractivity contribution in [1.82, 2.24) is 5.27 Å². The highest BCUT2D eigenvalue weighted by Gasteiger charge is 2.36. The summed E-state index contributed by atoms with van der Waals surface area (Å²) in [5, 5.41) is 9.53. The van der Waals surface area contributed by atoms with E-state index in [1.807, 2.05) is 41.1 Å². The average molecular weight is 461 g/mol. The average Bonchev–Trinajstić information content (AvgIpc) is 3.10. The minimum atomic E-state index is -0.940. The maximum absolute atomic E-state index is 12.3. The molecular weight excluding hydrogens is 437 g/mol. The van der Waals surface area contributed by atoms with Gasteiger partial charge in [0.2, 0.25) is 11.2 Å². The summed E-state index contributed by atoms with van der Waals surface area (Å²) in [5.41, 5.74) is 0.919. The van der Waals surface area contributed by atoms with Crippen molar-refractivity contribution >= 4 is 51.7 Å². The van der Waals surface area contributed by atoms with Crippen LogP contribution in [-0.2, 0) is 11.3 Å². The van der Waals surface area contributed by atoms with Gasteiger partial charge in [-0.1, -0.05) is 89.9 Å². The number of halogens is 1. The van der Waals surface area contributed by atoms with E-state index >= 15 is 0 Å². The van der Waals surface area contributed by atoms with E-state index in [1.54, 1.807) is 6.92 Å². The summed E-state index contributed by atoms with van der Waals surface area (Å²) in [4.78, 5) is 12.0. The normalized spacial score (nSPS) is 12.1. The van der Waals surface area contributed by atoms with Crippen LogP contribution < -0.4 is 26.0 Å². The maximum atomic E-state index is 12.3. The molecule has 1 heterocycles. The van der Waals surface area contributed by atoms with Gasteiger partial charge in [0.05, 0.1) is 12.7 Å². The molecule has 0 radical (unpaired) electrons. The number of carbonyl (C=O) groups excluding carboxylic acids is 1. The fourth-order valence-electron chi connectivity index (χ4n) is 2.80. The van der Waals surface area contributed by atoms with Gasteiger partial charge in [-0.05, 0) is 22.2 Å². The van der Waals surface area contributed by atoms with Crippen molar-refractivity contribution in [2.75, 3.05) is 5.32 Å². The lowest BCUT2D eigenvalue weighted by Gasteiger charge is -2.15. The molecule has 1 unspecified atom stereocenters. The minimum Gasteiger partial charge on any atom is -0.287 e. The third kappa shape index (κ3) is 4.86. The van der Waals surface area contributed by atoms with Crippen LogP contribution in [0.3, 0.4) is 0 Å². The molecule has 0 spiro atoms. The molecule has 0 bridgehead atoms. The first-order valence-electron chi connectivity index (χ1n) is 9.36. The van der Waals surface area contributed by atoms with Crippen molar-refractivity contribution in [2.24, 2.45) is 0 Å². The van der Waals surface area contributed by atoms with E-state index in [1.165, 1.54) is 10.6 Å². The zero-order chi connectivity index (χ0) is 19.9. The lowest BCUT2D eigenvalue weighted by atomic mass is 10.3. The molecule has 7 heteroatoms. The number of carbonyl (C=O) groups is 1. The number of amides is 1. The van der Waals surface area contributed by atoms with Crippen LogP contribution >= 0.6 is 23.9 Å². The highest BCUT2D eigenvalue weighted by molar-refractivity contribution is 9.10. The first-order chi connectivity index (χ1) is 13.6. The van der Waals surface area contributed by atoms with Crippen LogP contribution in [0, 0.1) is 0 Å². The van der Waals surface area contributed by atoms with Crippen molar-refractivity contribution < 1.29 is 14.0 Å². The molecule has 146 valence electrons. The van der Waals surface area contributed by atoms with Crippen LogP contribution in [0.15, 0.2) is 65.2 Å².